The molecule has 0 unspecified atom stereocenters. The lowest BCUT2D eigenvalue weighted by Gasteiger charge is -2.31. The van der Waals surface area contributed by atoms with Gasteiger partial charge in [-0.1, -0.05) is 49.4 Å². The average molecular weight is 562 g/mol. The number of hydrogen-bond acceptors (Lipinski definition) is 6. The first-order valence-corrected chi connectivity index (χ1v) is 15.3. The highest BCUT2D eigenvalue weighted by atomic mass is 32.2. The molecule has 1 saturated heterocycles. The lowest BCUT2D eigenvalue weighted by atomic mass is 9.91. The fraction of sp³-hybridized carbons (Fsp3) is 0.400. The van der Waals surface area contributed by atoms with Crippen molar-refractivity contribution in [2.75, 3.05) is 19.7 Å². The molecule has 40 heavy (non-hydrogen) atoms. The molecule has 0 atom stereocenters. The van der Waals surface area contributed by atoms with Crippen LogP contribution in [0, 0.1) is 5.92 Å². The van der Waals surface area contributed by atoms with E-state index >= 15 is 0 Å². The molecule has 1 aromatic carbocycles. The molecule has 1 aliphatic carbocycles. The molecule has 210 valence electrons. The predicted molar refractivity (Wildman–Crippen MR) is 156 cm³/mol. The van der Waals surface area contributed by atoms with E-state index < -0.39 is 10.0 Å². The van der Waals surface area contributed by atoms with Crippen molar-refractivity contribution >= 4 is 26.6 Å². The van der Waals surface area contributed by atoms with Gasteiger partial charge in [-0.2, -0.15) is 9.40 Å². The van der Waals surface area contributed by atoms with Gasteiger partial charge in [0.15, 0.2) is 11.3 Å². The third-order valence-corrected chi connectivity index (χ3v) is 9.22. The number of H-pyrrole nitrogens is 1. The van der Waals surface area contributed by atoms with Crippen LogP contribution in [-0.4, -0.2) is 52.2 Å². The quantitative estimate of drug-likeness (QED) is 0.391. The molecule has 1 aliphatic heterocycles. The fourth-order valence-electron chi connectivity index (χ4n) is 5.32. The summed E-state index contributed by atoms with van der Waals surface area (Å²) in [7, 11) is -2.09. The third-order valence-electron chi connectivity index (χ3n) is 7.33. The normalized spacial score (nSPS) is 16.9. The van der Waals surface area contributed by atoms with Crippen molar-refractivity contribution in [3.63, 3.8) is 0 Å². The predicted octanol–water partition coefficient (Wildman–Crippen LogP) is 4.25. The molecule has 5 rings (SSSR count). The van der Waals surface area contributed by atoms with E-state index in [1.165, 1.54) is 16.3 Å². The Morgan fingerprint density at radius 1 is 1.12 bits per heavy atom. The van der Waals surface area contributed by atoms with Crippen molar-refractivity contribution in [2.45, 2.75) is 46.0 Å². The Kier molecular flexibility index (Phi) is 8.21. The molecular formula is C30H35N5O4S. The minimum atomic E-state index is -3.81. The molecule has 3 aromatic rings. The van der Waals surface area contributed by atoms with Crippen LogP contribution in [0.3, 0.4) is 0 Å². The van der Waals surface area contributed by atoms with Crippen LogP contribution in [0.2, 0.25) is 0 Å². The molecule has 0 saturated carbocycles. The largest absolute Gasteiger partial charge is 0.486 e. The standard InChI is InChI=1S/C30H35N5O4S/c1-4-9-26-27-28(34(3)33-26)30(36)32-29(31-27)23-19-24(39-5-2)12-13-25(20-23)40(37,38)35-16-14-22(15-17-35)18-21-10-7-6-8-11-21/h6-8,10-13,20,22H,4-5,9,14-18H2,1-3H3,(H,31,32,36). The minimum Gasteiger partial charge on any atom is -0.486 e. The molecule has 10 heteroatoms. The van der Waals surface area contributed by atoms with E-state index in [1.807, 2.05) is 32.0 Å². The Hall–Kier alpha value is -3.72. The molecule has 0 radical (unpaired) electrons. The lowest BCUT2D eigenvalue weighted by molar-refractivity contribution is 0.243. The number of aryl methyl sites for hydroxylation is 2. The first-order chi connectivity index (χ1) is 19.3. The maximum atomic E-state index is 13.8. The Labute approximate surface area is 234 Å². The SMILES string of the molecule is CCCc1nn(C)c2c(=O)[nH]c(C3=C=C(OCC)C=CC(S(=O)(=O)N4CCC(Cc5ccccc5)CC4)=C3)nc12. The zero-order valence-electron chi connectivity index (χ0n) is 23.2. The summed E-state index contributed by atoms with van der Waals surface area (Å²) in [4.78, 5) is 20.7. The second-order valence-corrected chi connectivity index (χ2v) is 12.1. The van der Waals surface area contributed by atoms with Gasteiger partial charge in [-0.3, -0.25) is 9.48 Å². The third kappa shape index (κ3) is 5.75. The number of nitrogens with one attached hydrogen (secondary N) is 1. The highest BCUT2D eigenvalue weighted by Gasteiger charge is 2.31. The number of aromatic amines is 1. The second kappa shape index (κ2) is 11.8. The zero-order valence-corrected chi connectivity index (χ0v) is 24.0. The van der Waals surface area contributed by atoms with Crippen LogP contribution >= 0.6 is 0 Å². The number of rotatable bonds is 9. The van der Waals surface area contributed by atoms with Gasteiger partial charge in [0.25, 0.3) is 5.56 Å². The first kappa shape index (κ1) is 27.8. The van der Waals surface area contributed by atoms with Gasteiger partial charge in [0.05, 0.1) is 22.8 Å². The molecule has 1 fully saturated rings. The summed E-state index contributed by atoms with van der Waals surface area (Å²) in [5.74, 6) is 1.02. The fourth-order valence-corrected chi connectivity index (χ4v) is 6.81. The number of benzene rings is 1. The van der Waals surface area contributed by atoms with Crippen LogP contribution in [0.1, 0.15) is 50.2 Å². The summed E-state index contributed by atoms with van der Waals surface area (Å²) in [5, 5.41) is 4.48. The van der Waals surface area contributed by atoms with E-state index in [9.17, 15) is 13.2 Å². The number of nitrogens with zero attached hydrogens (tertiary/aromatic N) is 4. The number of piperidine rings is 1. The Morgan fingerprint density at radius 3 is 2.58 bits per heavy atom. The molecule has 3 heterocycles. The zero-order chi connectivity index (χ0) is 28.3. The Morgan fingerprint density at radius 2 is 1.88 bits per heavy atom. The van der Waals surface area contributed by atoms with E-state index in [2.05, 4.69) is 27.9 Å². The summed E-state index contributed by atoms with van der Waals surface area (Å²) in [5.41, 5.74) is 6.00. The summed E-state index contributed by atoms with van der Waals surface area (Å²) < 4.78 is 36.4. The molecular weight excluding hydrogens is 526 g/mol. The Balaban J connectivity index is 1.46. The van der Waals surface area contributed by atoms with Gasteiger partial charge in [-0.25, -0.2) is 13.4 Å². The number of aromatic nitrogens is 4. The first-order valence-electron chi connectivity index (χ1n) is 13.8. The molecule has 0 amide bonds. The van der Waals surface area contributed by atoms with Gasteiger partial charge >= 0.3 is 0 Å². The van der Waals surface area contributed by atoms with Crippen molar-refractivity contribution in [3.8, 4) is 0 Å². The highest BCUT2D eigenvalue weighted by Crippen LogP contribution is 2.29. The van der Waals surface area contributed by atoms with Gasteiger partial charge < -0.3 is 9.72 Å². The van der Waals surface area contributed by atoms with Crippen molar-refractivity contribution in [1.29, 1.82) is 0 Å². The summed E-state index contributed by atoms with van der Waals surface area (Å²) >= 11 is 0. The van der Waals surface area contributed by atoms with E-state index in [4.69, 9.17) is 9.72 Å². The van der Waals surface area contributed by atoms with Crippen LogP contribution in [-0.2, 0) is 34.6 Å². The maximum Gasteiger partial charge on any atom is 0.277 e. The van der Waals surface area contributed by atoms with E-state index in [-0.39, 0.29) is 16.3 Å². The Bertz CT molecular complexity index is 1680. The minimum absolute atomic E-state index is 0.105. The maximum absolute atomic E-state index is 13.8. The van der Waals surface area contributed by atoms with Gasteiger partial charge in [0.1, 0.15) is 11.3 Å². The van der Waals surface area contributed by atoms with Crippen LogP contribution in [0.25, 0.3) is 16.6 Å². The molecule has 9 nitrogen and oxygen atoms in total. The molecule has 0 spiro atoms. The highest BCUT2D eigenvalue weighted by molar-refractivity contribution is 7.93. The van der Waals surface area contributed by atoms with Crippen molar-refractivity contribution in [3.05, 3.63) is 92.4 Å². The topological polar surface area (TPSA) is 110 Å². The van der Waals surface area contributed by atoms with Crippen molar-refractivity contribution in [2.24, 2.45) is 13.0 Å². The van der Waals surface area contributed by atoms with Gasteiger partial charge in [-0.05, 0) is 62.3 Å². The van der Waals surface area contributed by atoms with E-state index in [0.717, 1.165) is 31.4 Å². The summed E-state index contributed by atoms with van der Waals surface area (Å²) in [6, 6.07) is 10.3. The number of sulfonamides is 1. The molecule has 2 aliphatic rings. The van der Waals surface area contributed by atoms with Gasteiger partial charge in [-0.15, -0.1) is 0 Å². The molecule has 2 aromatic heterocycles. The lowest BCUT2D eigenvalue weighted by Crippen LogP contribution is -2.39. The monoisotopic (exact) mass is 561 g/mol. The van der Waals surface area contributed by atoms with Crippen molar-refractivity contribution < 1.29 is 13.2 Å². The number of hydrogen-bond donors (Lipinski definition) is 1. The number of fused-ring (bicyclic) bond motifs is 1. The van der Waals surface area contributed by atoms with Crippen molar-refractivity contribution in [1.82, 2.24) is 24.1 Å². The average Bonchev–Trinajstić information content (AvgIpc) is 3.11. The van der Waals surface area contributed by atoms with E-state index in [0.29, 0.717) is 54.4 Å². The number of allylic oxidation sites excluding steroid dienone is 3. The van der Waals surface area contributed by atoms with Crippen LogP contribution in [0.4, 0.5) is 0 Å². The van der Waals surface area contributed by atoms with E-state index in [1.54, 1.807) is 23.5 Å². The smallest absolute Gasteiger partial charge is 0.277 e. The summed E-state index contributed by atoms with van der Waals surface area (Å²) in [6.45, 7) is 5.16. The van der Waals surface area contributed by atoms with Crippen LogP contribution in [0.5, 0.6) is 0 Å². The van der Waals surface area contributed by atoms with Crippen LogP contribution in [0.15, 0.2) is 69.7 Å². The van der Waals surface area contributed by atoms with Gasteiger partial charge in [0, 0.05) is 20.1 Å². The summed E-state index contributed by atoms with van der Waals surface area (Å²) in [6.07, 6.45) is 8.72. The second-order valence-electron chi connectivity index (χ2n) is 10.2. The molecule has 1 N–H and O–H groups in total. The van der Waals surface area contributed by atoms with Gasteiger partial charge in [0.2, 0.25) is 10.0 Å². The van der Waals surface area contributed by atoms with Crippen LogP contribution < -0.4 is 5.56 Å². The molecule has 0 bridgehead atoms. The number of ether oxygens (including phenoxy) is 1.